The zero-order valence-electron chi connectivity index (χ0n) is 16.4. The number of ether oxygens (including phenoxy) is 2. The van der Waals surface area contributed by atoms with Gasteiger partial charge in [-0.2, -0.15) is 0 Å². The summed E-state index contributed by atoms with van der Waals surface area (Å²) in [4.78, 5) is 7.26. The predicted molar refractivity (Wildman–Crippen MR) is 116 cm³/mol. The van der Waals surface area contributed by atoms with Gasteiger partial charge < -0.3 is 14.8 Å². The Balaban J connectivity index is 1.65. The second-order valence-electron chi connectivity index (χ2n) is 7.32. The molecule has 0 spiro atoms. The van der Waals surface area contributed by atoms with Crippen molar-refractivity contribution in [1.82, 2.24) is 9.88 Å². The van der Waals surface area contributed by atoms with Crippen LogP contribution in [0.15, 0.2) is 36.4 Å². The SMILES string of the molecule is COc1ccc2nc3cc(Cl)ccc3c(NC(C)CCN3CCOCC3)c2c1. The van der Waals surface area contributed by atoms with E-state index in [-0.39, 0.29) is 0 Å². The van der Waals surface area contributed by atoms with Crippen LogP contribution in [0.4, 0.5) is 5.69 Å². The number of nitrogens with zero attached hydrogens (tertiary/aromatic N) is 2. The summed E-state index contributed by atoms with van der Waals surface area (Å²) in [6.45, 7) is 7.00. The molecule has 4 rings (SSSR count). The lowest BCUT2D eigenvalue weighted by molar-refractivity contribution is 0.0370. The molecule has 0 saturated carbocycles. The third-order valence-electron chi connectivity index (χ3n) is 5.32. The van der Waals surface area contributed by atoms with Crippen molar-refractivity contribution in [3.05, 3.63) is 41.4 Å². The normalized spacial score (nSPS) is 16.4. The van der Waals surface area contributed by atoms with Crippen LogP contribution >= 0.6 is 11.6 Å². The minimum Gasteiger partial charge on any atom is -0.497 e. The summed E-state index contributed by atoms with van der Waals surface area (Å²) >= 11 is 6.22. The second-order valence-corrected chi connectivity index (χ2v) is 7.76. The van der Waals surface area contributed by atoms with Crippen molar-refractivity contribution in [1.29, 1.82) is 0 Å². The van der Waals surface area contributed by atoms with Gasteiger partial charge in [0.25, 0.3) is 0 Å². The van der Waals surface area contributed by atoms with Gasteiger partial charge in [0.05, 0.1) is 37.0 Å². The molecule has 0 radical (unpaired) electrons. The number of morpholine rings is 1. The van der Waals surface area contributed by atoms with Gasteiger partial charge in [0.15, 0.2) is 0 Å². The van der Waals surface area contributed by atoms with Gasteiger partial charge in [-0.1, -0.05) is 11.6 Å². The van der Waals surface area contributed by atoms with E-state index in [0.717, 1.165) is 72.5 Å². The first-order valence-corrected chi connectivity index (χ1v) is 10.2. The molecule has 0 bridgehead atoms. The van der Waals surface area contributed by atoms with Gasteiger partial charge >= 0.3 is 0 Å². The summed E-state index contributed by atoms with van der Waals surface area (Å²) in [7, 11) is 1.69. The van der Waals surface area contributed by atoms with Crippen LogP contribution in [0.2, 0.25) is 5.02 Å². The Labute approximate surface area is 170 Å². The van der Waals surface area contributed by atoms with E-state index in [1.54, 1.807) is 7.11 Å². The molecule has 148 valence electrons. The van der Waals surface area contributed by atoms with Gasteiger partial charge in [-0.3, -0.25) is 4.90 Å². The number of hydrogen-bond donors (Lipinski definition) is 1. The van der Waals surface area contributed by atoms with E-state index < -0.39 is 0 Å². The first kappa shape index (κ1) is 19.2. The van der Waals surface area contributed by atoms with Gasteiger partial charge in [0.2, 0.25) is 0 Å². The number of rotatable bonds is 6. The lowest BCUT2D eigenvalue weighted by Crippen LogP contribution is -2.38. The molecule has 6 heteroatoms. The number of methoxy groups -OCH3 is 1. The van der Waals surface area contributed by atoms with E-state index in [4.69, 9.17) is 26.1 Å². The quantitative estimate of drug-likeness (QED) is 0.615. The summed E-state index contributed by atoms with van der Waals surface area (Å²) < 4.78 is 10.9. The van der Waals surface area contributed by atoms with Crippen molar-refractivity contribution < 1.29 is 9.47 Å². The van der Waals surface area contributed by atoms with Gasteiger partial charge in [-0.05, 0) is 49.7 Å². The van der Waals surface area contributed by atoms with Crippen LogP contribution in [-0.4, -0.2) is 55.9 Å². The van der Waals surface area contributed by atoms with Crippen LogP contribution in [0.25, 0.3) is 21.8 Å². The van der Waals surface area contributed by atoms with Crippen molar-refractivity contribution in [2.75, 3.05) is 45.3 Å². The minimum atomic E-state index is 0.318. The molecule has 2 aromatic carbocycles. The first-order chi connectivity index (χ1) is 13.6. The van der Waals surface area contributed by atoms with Gasteiger partial charge in [0.1, 0.15) is 5.75 Å². The highest BCUT2D eigenvalue weighted by Crippen LogP contribution is 2.34. The molecule has 1 unspecified atom stereocenters. The maximum absolute atomic E-state index is 6.22. The van der Waals surface area contributed by atoms with E-state index in [1.165, 1.54) is 0 Å². The van der Waals surface area contributed by atoms with Crippen molar-refractivity contribution in [3.63, 3.8) is 0 Å². The Bertz CT molecular complexity index is 973. The van der Waals surface area contributed by atoms with E-state index in [0.29, 0.717) is 11.1 Å². The number of nitrogens with one attached hydrogen (secondary N) is 1. The zero-order valence-corrected chi connectivity index (χ0v) is 17.1. The molecule has 1 aliphatic heterocycles. The Hall–Kier alpha value is -2.08. The summed E-state index contributed by atoms with van der Waals surface area (Å²) in [5.41, 5.74) is 2.91. The highest BCUT2D eigenvalue weighted by Gasteiger charge is 2.15. The molecule has 0 aliphatic carbocycles. The summed E-state index contributed by atoms with van der Waals surface area (Å²) in [6.07, 6.45) is 1.06. The standard InChI is InChI=1S/C22H26ClN3O2/c1-15(7-8-26-9-11-28-12-10-26)24-22-18-5-3-16(23)13-21(18)25-20-6-4-17(27-2)14-19(20)22/h3-6,13-15H,7-12H2,1-2H3,(H,24,25). The number of fused-ring (bicyclic) bond motifs is 2. The van der Waals surface area contributed by atoms with Crippen molar-refractivity contribution in [3.8, 4) is 5.75 Å². The summed E-state index contributed by atoms with van der Waals surface area (Å²) in [5, 5.41) is 6.57. The lowest BCUT2D eigenvalue weighted by atomic mass is 10.1. The van der Waals surface area contributed by atoms with Crippen LogP contribution < -0.4 is 10.1 Å². The smallest absolute Gasteiger partial charge is 0.119 e. The molecule has 3 aromatic rings. The Morgan fingerprint density at radius 1 is 1.14 bits per heavy atom. The van der Waals surface area contributed by atoms with E-state index >= 15 is 0 Å². The van der Waals surface area contributed by atoms with Gasteiger partial charge in [0, 0.05) is 41.5 Å². The molecule has 1 aromatic heterocycles. The number of halogens is 1. The van der Waals surface area contributed by atoms with E-state index in [1.807, 2.05) is 36.4 Å². The molecule has 5 nitrogen and oxygen atoms in total. The molecule has 0 amide bonds. The number of benzene rings is 2. The highest BCUT2D eigenvalue weighted by atomic mass is 35.5. The van der Waals surface area contributed by atoms with E-state index in [9.17, 15) is 0 Å². The third kappa shape index (κ3) is 4.17. The molecule has 2 heterocycles. The van der Waals surface area contributed by atoms with Crippen LogP contribution in [0.3, 0.4) is 0 Å². The molecule has 1 saturated heterocycles. The predicted octanol–water partition coefficient (Wildman–Crippen LogP) is 4.57. The fourth-order valence-corrected chi connectivity index (χ4v) is 3.86. The first-order valence-electron chi connectivity index (χ1n) is 9.77. The lowest BCUT2D eigenvalue weighted by Gasteiger charge is -2.28. The largest absolute Gasteiger partial charge is 0.497 e. The van der Waals surface area contributed by atoms with Crippen molar-refractivity contribution >= 4 is 39.1 Å². The molecular formula is C22H26ClN3O2. The minimum absolute atomic E-state index is 0.318. The Kier molecular flexibility index (Phi) is 5.85. The summed E-state index contributed by atoms with van der Waals surface area (Å²) in [6, 6.07) is 12.2. The second kappa shape index (κ2) is 8.52. The number of anilines is 1. The van der Waals surface area contributed by atoms with Gasteiger partial charge in [-0.25, -0.2) is 4.98 Å². The molecule has 1 fully saturated rings. The Morgan fingerprint density at radius 3 is 2.75 bits per heavy atom. The monoisotopic (exact) mass is 399 g/mol. The number of aromatic nitrogens is 1. The zero-order chi connectivity index (χ0) is 19.5. The fourth-order valence-electron chi connectivity index (χ4n) is 3.70. The Morgan fingerprint density at radius 2 is 1.96 bits per heavy atom. The van der Waals surface area contributed by atoms with E-state index in [2.05, 4.69) is 17.1 Å². The molecule has 28 heavy (non-hydrogen) atoms. The number of hydrogen-bond acceptors (Lipinski definition) is 5. The molecule has 1 aliphatic rings. The fraction of sp³-hybridized carbons (Fsp3) is 0.409. The topological polar surface area (TPSA) is 46.6 Å². The maximum atomic E-state index is 6.22. The molecular weight excluding hydrogens is 374 g/mol. The van der Waals surface area contributed by atoms with Gasteiger partial charge in [-0.15, -0.1) is 0 Å². The highest BCUT2D eigenvalue weighted by molar-refractivity contribution is 6.31. The molecule has 1 atom stereocenters. The third-order valence-corrected chi connectivity index (χ3v) is 5.55. The van der Waals surface area contributed by atoms with Crippen LogP contribution in [-0.2, 0) is 4.74 Å². The maximum Gasteiger partial charge on any atom is 0.119 e. The molecule has 1 N–H and O–H groups in total. The average molecular weight is 400 g/mol. The average Bonchev–Trinajstić information content (AvgIpc) is 2.72. The van der Waals surface area contributed by atoms with Crippen molar-refractivity contribution in [2.45, 2.75) is 19.4 Å². The van der Waals surface area contributed by atoms with Crippen molar-refractivity contribution in [2.24, 2.45) is 0 Å². The van der Waals surface area contributed by atoms with Crippen LogP contribution in [0.1, 0.15) is 13.3 Å². The van der Waals surface area contributed by atoms with Crippen LogP contribution in [0, 0.1) is 0 Å². The van der Waals surface area contributed by atoms with Crippen LogP contribution in [0.5, 0.6) is 5.75 Å². The summed E-state index contributed by atoms with van der Waals surface area (Å²) in [5.74, 6) is 0.826. The number of pyridine rings is 1.